The van der Waals surface area contributed by atoms with E-state index >= 15 is 0 Å². The maximum absolute atomic E-state index is 12.6. The van der Waals surface area contributed by atoms with Gasteiger partial charge in [-0.25, -0.2) is 18.4 Å². The van der Waals surface area contributed by atoms with Crippen molar-refractivity contribution in [2.45, 2.75) is 25.7 Å². The van der Waals surface area contributed by atoms with Gasteiger partial charge in [0.2, 0.25) is 0 Å². The first-order chi connectivity index (χ1) is 13.6. The quantitative estimate of drug-likeness (QED) is 0.637. The molecule has 1 heterocycles. The number of rotatable bonds is 6. The number of aryl methyl sites for hydroxylation is 3. The van der Waals surface area contributed by atoms with E-state index in [0.29, 0.717) is 17.3 Å². The van der Waals surface area contributed by atoms with E-state index in [1.807, 2.05) is 51.9 Å². The number of aromatic nitrogens is 2. The average molecular weight is 412 g/mol. The van der Waals surface area contributed by atoms with Gasteiger partial charge in [-0.05, 0) is 68.3 Å². The summed E-state index contributed by atoms with van der Waals surface area (Å²) in [5, 5.41) is 3.22. The van der Waals surface area contributed by atoms with Gasteiger partial charge in [-0.1, -0.05) is 6.07 Å². The molecule has 0 fully saturated rings. The van der Waals surface area contributed by atoms with Crippen molar-refractivity contribution in [3.8, 4) is 0 Å². The third-order valence-electron chi connectivity index (χ3n) is 4.48. The molecule has 3 aromatic rings. The minimum absolute atomic E-state index is 0.246. The van der Waals surface area contributed by atoms with Gasteiger partial charge in [0.1, 0.15) is 17.5 Å². The summed E-state index contributed by atoms with van der Waals surface area (Å²) in [5.41, 5.74) is 3.27. The Kier molecular flexibility index (Phi) is 5.74. The van der Waals surface area contributed by atoms with Crippen LogP contribution in [-0.2, 0) is 10.0 Å². The summed E-state index contributed by atoms with van der Waals surface area (Å²) in [6, 6.07) is 14.0. The lowest BCUT2D eigenvalue weighted by molar-refractivity contribution is 0.601. The topological polar surface area (TPSA) is 87.2 Å². The molecule has 0 atom stereocenters. The Hall–Kier alpha value is -3.13. The molecule has 0 saturated carbocycles. The van der Waals surface area contributed by atoms with E-state index < -0.39 is 10.0 Å². The fraction of sp³-hybridized carbons (Fsp3) is 0.238. The van der Waals surface area contributed by atoms with Crippen LogP contribution in [0.2, 0.25) is 0 Å². The second-order valence-electron chi connectivity index (χ2n) is 7.11. The fourth-order valence-corrected chi connectivity index (χ4v) is 3.85. The Bertz CT molecular complexity index is 1130. The molecular weight excluding hydrogens is 386 g/mol. The average Bonchev–Trinajstić information content (AvgIpc) is 2.64. The molecule has 0 aliphatic heterocycles. The third-order valence-corrected chi connectivity index (χ3v) is 5.86. The van der Waals surface area contributed by atoms with Crippen molar-refractivity contribution < 1.29 is 8.42 Å². The van der Waals surface area contributed by atoms with E-state index in [4.69, 9.17) is 0 Å². The van der Waals surface area contributed by atoms with Crippen LogP contribution in [0.3, 0.4) is 0 Å². The molecule has 7 nitrogen and oxygen atoms in total. The van der Waals surface area contributed by atoms with Gasteiger partial charge >= 0.3 is 0 Å². The van der Waals surface area contributed by atoms with Crippen LogP contribution in [0.4, 0.5) is 23.0 Å². The molecule has 2 aromatic carbocycles. The summed E-state index contributed by atoms with van der Waals surface area (Å²) >= 11 is 0. The van der Waals surface area contributed by atoms with E-state index in [1.54, 1.807) is 36.4 Å². The lowest BCUT2D eigenvalue weighted by Crippen LogP contribution is -2.13. The molecule has 3 rings (SSSR count). The zero-order chi connectivity index (χ0) is 21.2. The molecule has 2 N–H and O–H groups in total. The lowest BCUT2D eigenvalue weighted by atomic mass is 10.1. The monoisotopic (exact) mass is 411 g/mol. The van der Waals surface area contributed by atoms with Crippen LogP contribution in [0.15, 0.2) is 53.4 Å². The highest BCUT2D eigenvalue weighted by Gasteiger charge is 2.15. The van der Waals surface area contributed by atoms with E-state index in [2.05, 4.69) is 20.0 Å². The largest absolute Gasteiger partial charge is 0.363 e. The molecular formula is C21H25N5O2S. The van der Waals surface area contributed by atoms with Crippen LogP contribution in [0, 0.1) is 20.8 Å². The first-order valence-corrected chi connectivity index (χ1v) is 10.6. The number of anilines is 4. The van der Waals surface area contributed by atoms with Gasteiger partial charge in [0, 0.05) is 31.5 Å². The molecule has 0 spiro atoms. The number of nitrogens with one attached hydrogen (secondary N) is 2. The standard InChI is InChI=1S/C21H25N5O2S/c1-14-6-11-19(12-15(14)2)29(27,28)25-18-9-7-17(8-10-18)24-20-13-21(26(4)5)23-16(3)22-20/h6-13,25H,1-5H3,(H,22,23,24). The second kappa shape index (κ2) is 8.08. The van der Waals surface area contributed by atoms with Crippen LogP contribution < -0.4 is 14.9 Å². The zero-order valence-corrected chi connectivity index (χ0v) is 18.0. The van der Waals surface area contributed by atoms with Gasteiger partial charge < -0.3 is 10.2 Å². The van der Waals surface area contributed by atoms with Crippen molar-refractivity contribution in [3.05, 3.63) is 65.5 Å². The molecule has 0 unspecified atom stereocenters. The van der Waals surface area contributed by atoms with Gasteiger partial charge in [-0.15, -0.1) is 0 Å². The SMILES string of the molecule is Cc1nc(Nc2ccc(NS(=O)(=O)c3ccc(C)c(C)c3)cc2)cc(N(C)C)n1. The van der Waals surface area contributed by atoms with E-state index in [-0.39, 0.29) is 4.90 Å². The van der Waals surface area contributed by atoms with Gasteiger partial charge in [0.25, 0.3) is 10.0 Å². The summed E-state index contributed by atoms with van der Waals surface area (Å²) < 4.78 is 27.9. The minimum Gasteiger partial charge on any atom is -0.363 e. The zero-order valence-electron chi connectivity index (χ0n) is 17.2. The van der Waals surface area contributed by atoms with Crippen LogP contribution in [0.25, 0.3) is 0 Å². The molecule has 0 bridgehead atoms. The van der Waals surface area contributed by atoms with E-state index in [0.717, 1.165) is 22.6 Å². The molecule has 0 amide bonds. The Labute approximate surface area is 171 Å². The highest BCUT2D eigenvalue weighted by atomic mass is 32.2. The maximum Gasteiger partial charge on any atom is 0.261 e. The maximum atomic E-state index is 12.6. The van der Waals surface area contributed by atoms with Gasteiger partial charge in [0.05, 0.1) is 4.90 Å². The molecule has 8 heteroatoms. The molecule has 1 aromatic heterocycles. The van der Waals surface area contributed by atoms with Crippen LogP contribution in [0.5, 0.6) is 0 Å². The fourth-order valence-electron chi connectivity index (χ4n) is 2.71. The smallest absolute Gasteiger partial charge is 0.261 e. The predicted octanol–water partition coefficient (Wildman–Crippen LogP) is 4.01. The number of sulfonamides is 1. The summed E-state index contributed by atoms with van der Waals surface area (Å²) in [4.78, 5) is 10.9. The van der Waals surface area contributed by atoms with Crippen LogP contribution >= 0.6 is 0 Å². The van der Waals surface area contributed by atoms with Crippen molar-refractivity contribution in [1.82, 2.24) is 9.97 Å². The number of hydrogen-bond donors (Lipinski definition) is 2. The third kappa shape index (κ3) is 5.03. The molecule has 0 saturated heterocycles. The molecule has 29 heavy (non-hydrogen) atoms. The predicted molar refractivity (Wildman–Crippen MR) is 118 cm³/mol. The Balaban J connectivity index is 1.76. The first kappa shape index (κ1) is 20.6. The Morgan fingerprint density at radius 3 is 2.10 bits per heavy atom. The number of hydrogen-bond acceptors (Lipinski definition) is 6. The lowest BCUT2D eigenvalue weighted by Gasteiger charge is -2.14. The van der Waals surface area contributed by atoms with E-state index in [1.165, 1.54) is 0 Å². The van der Waals surface area contributed by atoms with Crippen molar-refractivity contribution in [3.63, 3.8) is 0 Å². The minimum atomic E-state index is -3.64. The van der Waals surface area contributed by atoms with Crippen molar-refractivity contribution >= 4 is 33.0 Å². The van der Waals surface area contributed by atoms with Crippen LogP contribution in [0.1, 0.15) is 17.0 Å². The molecule has 0 aliphatic rings. The summed E-state index contributed by atoms with van der Waals surface area (Å²) in [7, 11) is 0.196. The van der Waals surface area contributed by atoms with Gasteiger partial charge in [-0.2, -0.15) is 0 Å². The number of nitrogens with zero attached hydrogens (tertiary/aromatic N) is 3. The molecule has 0 aliphatic carbocycles. The van der Waals surface area contributed by atoms with Crippen molar-refractivity contribution in [2.24, 2.45) is 0 Å². The first-order valence-electron chi connectivity index (χ1n) is 9.14. The highest BCUT2D eigenvalue weighted by molar-refractivity contribution is 7.92. The van der Waals surface area contributed by atoms with Crippen molar-refractivity contribution in [2.75, 3.05) is 29.0 Å². The summed E-state index contributed by atoms with van der Waals surface area (Å²) in [6.45, 7) is 5.68. The van der Waals surface area contributed by atoms with E-state index in [9.17, 15) is 8.42 Å². The highest BCUT2D eigenvalue weighted by Crippen LogP contribution is 2.23. The number of benzene rings is 2. The van der Waals surface area contributed by atoms with Gasteiger partial charge in [-0.3, -0.25) is 4.72 Å². The van der Waals surface area contributed by atoms with Crippen LogP contribution in [-0.4, -0.2) is 32.5 Å². The summed E-state index contributed by atoms with van der Waals surface area (Å²) in [6.07, 6.45) is 0. The summed E-state index contributed by atoms with van der Waals surface area (Å²) in [5.74, 6) is 2.14. The second-order valence-corrected chi connectivity index (χ2v) is 8.79. The normalized spacial score (nSPS) is 11.2. The Morgan fingerprint density at radius 2 is 1.48 bits per heavy atom. The Morgan fingerprint density at radius 1 is 0.828 bits per heavy atom. The van der Waals surface area contributed by atoms with Crippen molar-refractivity contribution in [1.29, 1.82) is 0 Å². The van der Waals surface area contributed by atoms with Gasteiger partial charge in [0.15, 0.2) is 0 Å². The molecule has 0 radical (unpaired) electrons. The molecule has 152 valence electrons.